The lowest BCUT2D eigenvalue weighted by Gasteiger charge is -2.32. The van der Waals surface area contributed by atoms with E-state index < -0.39 is 30.3 Å². The number of rotatable bonds is 10. The lowest BCUT2D eigenvalue weighted by Crippen LogP contribution is -2.38. The van der Waals surface area contributed by atoms with Crippen LogP contribution in [0.4, 0.5) is 27.6 Å². The number of carbonyl (C=O) groups excluding carboxylic acids is 1. The molecule has 0 aliphatic rings. The van der Waals surface area contributed by atoms with Crippen LogP contribution in [0.2, 0.25) is 0 Å². The van der Waals surface area contributed by atoms with Crippen molar-refractivity contribution in [3.8, 4) is 5.75 Å². The van der Waals surface area contributed by atoms with Crippen molar-refractivity contribution in [1.29, 1.82) is 0 Å². The van der Waals surface area contributed by atoms with Gasteiger partial charge in [0.25, 0.3) is 0 Å². The second kappa shape index (κ2) is 11.2. The third-order valence-corrected chi connectivity index (χ3v) is 5.49. The number of nitrogens with zero attached hydrogens (tertiary/aromatic N) is 1. The van der Waals surface area contributed by atoms with Gasteiger partial charge in [-0.15, -0.1) is 0 Å². The van der Waals surface area contributed by atoms with Gasteiger partial charge in [-0.25, -0.2) is 0 Å². The molecule has 0 spiro atoms. The van der Waals surface area contributed by atoms with Gasteiger partial charge in [0.2, 0.25) is 5.91 Å². The number of aryl methyl sites for hydroxylation is 2. The smallest absolute Gasteiger partial charge is 0.416 e. The molecule has 35 heavy (non-hydrogen) atoms. The van der Waals surface area contributed by atoms with Crippen LogP contribution < -0.4 is 15.4 Å². The van der Waals surface area contributed by atoms with Crippen LogP contribution in [-0.2, 0) is 17.4 Å². The number of nitrogens with two attached hydrogens (primary N) is 1. The SMILES string of the molecule is Cc1ccc([C@H](C(N)=O)N(CCCc2ccc(C(F)(F)F)cc2)c2cccc(OC(F)F)c2)cc1. The molecule has 3 rings (SSSR count). The molecule has 0 heterocycles. The molecule has 0 aliphatic carbocycles. The van der Waals surface area contributed by atoms with Gasteiger partial charge >= 0.3 is 12.8 Å². The van der Waals surface area contributed by atoms with Crippen molar-refractivity contribution in [2.24, 2.45) is 5.73 Å². The van der Waals surface area contributed by atoms with E-state index in [4.69, 9.17) is 5.73 Å². The van der Waals surface area contributed by atoms with Crippen molar-refractivity contribution in [3.05, 3.63) is 95.1 Å². The fourth-order valence-electron chi connectivity index (χ4n) is 3.81. The minimum atomic E-state index is -4.41. The average Bonchev–Trinajstić information content (AvgIpc) is 2.79. The molecule has 1 amide bonds. The van der Waals surface area contributed by atoms with Gasteiger partial charge in [0, 0.05) is 18.3 Å². The predicted octanol–water partition coefficient (Wildman–Crippen LogP) is 6.28. The Morgan fingerprint density at radius 2 is 1.66 bits per heavy atom. The first-order valence-corrected chi connectivity index (χ1v) is 10.9. The number of alkyl halides is 5. The van der Waals surface area contributed by atoms with E-state index in [1.165, 1.54) is 30.3 Å². The Bertz CT molecular complexity index is 1120. The van der Waals surface area contributed by atoms with Gasteiger partial charge < -0.3 is 15.4 Å². The van der Waals surface area contributed by atoms with Gasteiger partial charge in [0.1, 0.15) is 11.8 Å². The van der Waals surface area contributed by atoms with Crippen molar-refractivity contribution in [2.75, 3.05) is 11.4 Å². The van der Waals surface area contributed by atoms with E-state index >= 15 is 0 Å². The van der Waals surface area contributed by atoms with Crippen molar-refractivity contribution in [2.45, 2.75) is 38.6 Å². The third-order valence-electron chi connectivity index (χ3n) is 5.49. The molecule has 0 radical (unpaired) electrons. The third kappa shape index (κ3) is 7.18. The fraction of sp³-hybridized carbons (Fsp3) is 0.269. The zero-order chi connectivity index (χ0) is 25.6. The lowest BCUT2D eigenvalue weighted by molar-refractivity contribution is -0.137. The summed E-state index contributed by atoms with van der Waals surface area (Å²) in [6.07, 6.45) is -3.52. The van der Waals surface area contributed by atoms with Gasteiger partial charge in [0.05, 0.1) is 5.56 Å². The minimum Gasteiger partial charge on any atom is -0.435 e. The highest BCUT2D eigenvalue weighted by molar-refractivity contribution is 5.85. The highest BCUT2D eigenvalue weighted by Gasteiger charge is 2.30. The minimum absolute atomic E-state index is 0.0719. The summed E-state index contributed by atoms with van der Waals surface area (Å²) in [5, 5.41) is 0. The van der Waals surface area contributed by atoms with Gasteiger partial charge in [-0.05, 0) is 55.2 Å². The molecule has 0 aliphatic heterocycles. The number of carbonyl (C=O) groups is 1. The molecule has 3 aromatic rings. The van der Waals surface area contributed by atoms with E-state index in [-0.39, 0.29) is 12.3 Å². The van der Waals surface area contributed by atoms with Crippen molar-refractivity contribution in [1.82, 2.24) is 0 Å². The normalized spacial score (nSPS) is 12.4. The summed E-state index contributed by atoms with van der Waals surface area (Å²) < 4.78 is 68.5. The zero-order valence-electron chi connectivity index (χ0n) is 18.9. The molecule has 186 valence electrons. The Kier molecular flexibility index (Phi) is 8.32. The Hall–Kier alpha value is -3.62. The topological polar surface area (TPSA) is 55.6 Å². The van der Waals surface area contributed by atoms with Crippen LogP contribution in [0.25, 0.3) is 0 Å². The molecule has 0 aromatic heterocycles. The Balaban J connectivity index is 1.87. The maximum absolute atomic E-state index is 12.8. The maximum atomic E-state index is 12.8. The second-order valence-corrected chi connectivity index (χ2v) is 8.08. The highest BCUT2D eigenvalue weighted by Crippen LogP contribution is 2.32. The quantitative estimate of drug-likeness (QED) is 0.339. The predicted molar refractivity (Wildman–Crippen MR) is 123 cm³/mol. The van der Waals surface area contributed by atoms with E-state index in [0.717, 1.165) is 17.7 Å². The van der Waals surface area contributed by atoms with E-state index in [1.807, 2.05) is 19.1 Å². The van der Waals surface area contributed by atoms with Crippen molar-refractivity contribution >= 4 is 11.6 Å². The molecule has 0 saturated carbocycles. The summed E-state index contributed by atoms with van der Waals surface area (Å²) in [6.45, 7) is -0.834. The van der Waals surface area contributed by atoms with Gasteiger partial charge in [-0.3, -0.25) is 4.79 Å². The molecule has 1 atom stereocenters. The van der Waals surface area contributed by atoms with Gasteiger partial charge in [0.15, 0.2) is 0 Å². The van der Waals surface area contributed by atoms with Crippen LogP contribution in [0.15, 0.2) is 72.8 Å². The molecule has 0 saturated heterocycles. The molecule has 0 unspecified atom stereocenters. The van der Waals surface area contributed by atoms with Crippen LogP contribution in [-0.4, -0.2) is 19.1 Å². The van der Waals surface area contributed by atoms with Gasteiger partial charge in [-0.1, -0.05) is 48.0 Å². The van der Waals surface area contributed by atoms with E-state index in [2.05, 4.69) is 4.74 Å². The van der Waals surface area contributed by atoms with E-state index in [1.54, 1.807) is 23.1 Å². The Labute approximate surface area is 200 Å². The highest BCUT2D eigenvalue weighted by atomic mass is 19.4. The Morgan fingerprint density at radius 1 is 1.00 bits per heavy atom. The molecule has 0 fully saturated rings. The number of ether oxygens (including phenoxy) is 1. The number of hydrogen-bond donors (Lipinski definition) is 1. The number of amides is 1. The zero-order valence-corrected chi connectivity index (χ0v) is 18.9. The summed E-state index contributed by atoms with van der Waals surface area (Å²) in [7, 11) is 0. The number of halogens is 5. The summed E-state index contributed by atoms with van der Waals surface area (Å²) in [5.74, 6) is -0.707. The van der Waals surface area contributed by atoms with Crippen molar-refractivity contribution < 1.29 is 31.5 Å². The fourth-order valence-corrected chi connectivity index (χ4v) is 3.81. The monoisotopic (exact) mass is 492 g/mol. The summed E-state index contributed by atoms with van der Waals surface area (Å²) in [5.41, 5.74) is 7.78. The molecule has 4 nitrogen and oxygen atoms in total. The van der Waals surface area contributed by atoms with Crippen LogP contribution in [0.5, 0.6) is 5.75 Å². The molecule has 3 aromatic carbocycles. The lowest BCUT2D eigenvalue weighted by atomic mass is 10.0. The second-order valence-electron chi connectivity index (χ2n) is 8.08. The molecule has 0 bridgehead atoms. The Morgan fingerprint density at radius 3 is 2.23 bits per heavy atom. The first-order valence-electron chi connectivity index (χ1n) is 10.9. The summed E-state index contributed by atoms with van der Waals surface area (Å²) in [6, 6.07) is 17.1. The van der Waals surface area contributed by atoms with Gasteiger partial charge in [-0.2, -0.15) is 22.0 Å². The van der Waals surface area contributed by atoms with E-state index in [0.29, 0.717) is 29.7 Å². The number of anilines is 1. The van der Waals surface area contributed by atoms with Crippen LogP contribution in [0, 0.1) is 6.92 Å². The molecule has 2 N–H and O–H groups in total. The summed E-state index contributed by atoms with van der Waals surface area (Å²) >= 11 is 0. The number of benzene rings is 3. The molecular weight excluding hydrogens is 467 g/mol. The number of primary amides is 1. The van der Waals surface area contributed by atoms with Crippen LogP contribution in [0.3, 0.4) is 0 Å². The van der Waals surface area contributed by atoms with E-state index in [9.17, 15) is 26.7 Å². The van der Waals surface area contributed by atoms with Crippen LogP contribution >= 0.6 is 0 Å². The maximum Gasteiger partial charge on any atom is 0.416 e. The first-order chi connectivity index (χ1) is 16.5. The molecule has 9 heteroatoms. The molecular formula is C26H25F5N2O2. The van der Waals surface area contributed by atoms with Crippen LogP contribution in [0.1, 0.15) is 34.7 Å². The standard InChI is InChI=1S/C26H25F5N2O2/c1-17-7-11-19(12-8-17)23(24(32)34)33(21-5-2-6-22(16-21)35-25(27)28)15-3-4-18-9-13-20(14-10-18)26(29,30)31/h2,5-14,16,23,25H,3-4,15H2,1H3,(H2,32,34)/t23-/m1/s1. The average molecular weight is 492 g/mol. The largest absolute Gasteiger partial charge is 0.435 e. The summed E-state index contributed by atoms with van der Waals surface area (Å²) in [4.78, 5) is 14.2. The van der Waals surface area contributed by atoms with Crippen molar-refractivity contribution in [3.63, 3.8) is 0 Å². The first kappa shape index (κ1) is 26.0. The number of hydrogen-bond acceptors (Lipinski definition) is 3.